The molecule has 0 spiro atoms. The van der Waals surface area contributed by atoms with E-state index in [1.165, 1.54) is 11.1 Å². The lowest BCUT2D eigenvalue weighted by atomic mass is 9.87. The molecule has 1 aromatic heterocycles. The quantitative estimate of drug-likeness (QED) is 0.324. The van der Waals surface area contributed by atoms with Gasteiger partial charge in [0.2, 0.25) is 0 Å². The third kappa shape index (κ3) is 5.35. The number of carbonyl (C=O) groups is 1. The van der Waals surface area contributed by atoms with Gasteiger partial charge in [0.05, 0.1) is 10.2 Å². The van der Waals surface area contributed by atoms with E-state index in [2.05, 4.69) is 50.4 Å². The molecular weight excluding hydrogens is 420 g/mol. The van der Waals surface area contributed by atoms with Crippen molar-refractivity contribution < 1.29 is 4.79 Å². The van der Waals surface area contributed by atoms with Gasteiger partial charge in [0.15, 0.2) is 4.34 Å². The molecule has 4 aromatic rings. The summed E-state index contributed by atoms with van der Waals surface area (Å²) < 4.78 is 2.11. The molecule has 0 atom stereocenters. The number of anilines is 1. The van der Waals surface area contributed by atoms with Crippen LogP contribution in [0.4, 0.5) is 5.69 Å². The van der Waals surface area contributed by atoms with Crippen molar-refractivity contribution in [1.29, 1.82) is 0 Å². The molecule has 4 rings (SSSR count). The molecule has 0 aliphatic rings. The van der Waals surface area contributed by atoms with Gasteiger partial charge in [-0.3, -0.25) is 4.79 Å². The normalized spacial score (nSPS) is 11.6. The Morgan fingerprint density at radius 2 is 1.71 bits per heavy atom. The topological polar surface area (TPSA) is 42.0 Å². The summed E-state index contributed by atoms with van der Waals surface area (Å²) in [6.45, 7) is 8.70. The number of hydrogen-bond donors (Lipinski definition) is 1. The number of thiazole rings is 1. The first kappa shape index (κ1) is 21.6. The SMILES string of the molecule is Cc1ccc(C(=O)Nc2ccc3nc(SCc4ccc(C(C)(C)C)cc4)sc3c2)cc1. The molecule has 31 heavy (non-hydrogen) atoms. The zero-order chi connectivity index (χ0) is 22.0. The van der Waals surface area contributed by atoms with E-state index in [4.69, 9.17) is 4.98 Å². The van der Waals surface area contributed by atoms with Gasteiger partial charge in [-0.1, -0.05) is 74.5 Å². The predicted octanol–water partition coefficient (Wildman–Crippen LogP) is 7.45. The predicted molar refractivity (Wildman–Crippen MR) is 133 cm³/mol. The molecular formula is C26H26N2OS2. The number of thioether (sulfide) groups is 1. The number of fused-ring (bicyclic) bond motifs is 1. The van der Waals surface area contributed by atoms with Gasteiger partial charge in [-0.2, -0.15) is 0 Å². The molecule has 3 nitrogen and oxygen atoms in total. The number of nitrogens with zero attached hydrogens (tertiary/aromatic N) is 1. The minimum atomic E-state index is -0.0998. The fraction of sp³-hybridized carbons (Fsp3) is 0.231. The molecule has 0 saturated heterocycles. The van der Waals surface area contributed by atoms with Crippen molar-refractivity contribution >= 4 is 44.9 Å². The van der Waals surface area contributed by atoms with E-state index < -0.39 is 0 Å². The monoisotopic (exact) mass is 446 g/mol. The lowest BCUT2D eigenvalue weighted by Crippen LogP contribution is -2.11. The smallest absolute Gasteiger partial charge is 0.255 e. The van der Waals surface area contributed by atoms with Crippen molar-refractivity contribution in [3.8, 4) is 0 Å². The molecule has 0 fully saturated rings. The summed E-state index contributed by atoms with van der Waals surface area (Å²) in [4.78, 5) is 17.2. The summed E-state index contributed by atoms with van der Waals surface area (Å²) in [5.74, 6) is 0.790. The van der Waals surface area contributed by atoms with Crippen LogP contribution in [0.3, 0.4) is 0 Å². The number of nitrogens with one attached hydrogen (secondary N) is 1. The summed E-state index contributed by atoms with van der Waals surface area (Å²) >= 11 is 3.41. The molecule has 1 heterocycles. The van der Waals surface area contributed by atoms with Crippen LogP contribution in [0.2, 0.25) is 0 Å². The lowest BCUT2D eigenvalue weighted by Gasteiger charge is -2.19. The molecule has 158 valence electrons. The van der Waals surface area contributed by atoms with Crippen LogP contribution in [-0.4, -0.2) is 10.9 Å². The largest absolute Gasteiger partial charge is 0.322 e. The summed E-state index contributed by atoms with van der Waals surface area (Å²) in [7, 11) is 0. The Hall–Kier alpha value is -2.63. The number of carbonyl (C=O) groups excluding carboxylic acids is 1. The third-order valence-electron chi connectivity index (χ3n) is 5.12. The van der Waals surface area contributed by atoms with E-state index >= 15 is 0 Å². The third-order valence-corrected chi connectivity index (χ3v) is 7.35. The minimum Gasteiger partial charge on any atom is -0.322 e. The highest BCUT2D eigenvalue weighted by Gasteiger charge is 2.13. The van der Waals surface area contributed by atoms with Crippen molar-refractivity contribution in [1.82, 2.24) is 4.98 Å². The van der Waals surface area contributed by atoms with Crippen molar-refractivity contribution in [2.45, 2.75) is 43.2 Å². The average molecular weight is 447 g/mol. The van der Waals surface area contributed by atoms with E-state index in [1.807, 2.05) is 49.4 Å². The Kier molecular flexibility index (Phi) is 6.17. The van der Waals surface area contributed by atoms with Crippen LogP contribution in [0.25, 0.3) is 10.2 Å². The number of aromatic nitrogens is 1. The minimum absolute atomic E-state index is 0.0998. The van der Waals surface area contributed by atoms with E-state index in [-0.39, 0.29) is 11.3 Å². The molecule has 1 amide bonds. The summed E-state index contributed by atoms with van der Waals surface area (Å²) in [5.41, 5.74) is 6.36. The zero-order valence-corrected chi connectivity index (χ0v) is 19.9. The molecule has 0 radical (unpaired) electrons. The summed E-state index contributed by atoms with van der Waals surface area (Å²) in [6, 6.07) is 22.3. The van der Waals surface area contributed by atoms with Gasteiger partial charge < -0.3 is 5.32 Å². The van der Waals surface area contributed by atoms with Gasteiger partial charge in [0.25, 0.3) is 5.91 Å². The molecule has 0 aliphatic carbocycles. The number of aryl methyl sites for hydroxylation is 1. The van der Waals surface area contributed by atoms with Crippen LogP contribution in [-0.2, 0) is 11.2 Å². The first-order chi connectivity index (χ1) is 14.8. The molecule has 0 bridgehead atoms. The van der Waals surface area contributed by atoms with Gasteiger partial charge in [0.1, 0.15) is 0 Å². The van der Waals surface area contributed by atoms with Crippen LogP contribution < -0.4 is 5.32 Å². The van der Waals surface area contributed by atoms with E-state index in [1.54, 1.807) is 23.1 Å². The fourth-order valence-electron chi connectivity index (χ4n) is 3.20. The Balaban J connectivity index is 1.42. The summed E-state index contributed by atoms with van der Waals surface area (Å²) in [6.07, 6.45) is 0. The van der Waals surface area contributed by atoms with Crippen LogP contribution in [0, 0.1) is 6.92 Å². The Labute approximate surface area is 191 Å². The molecule has 0 aliphatic heterocycles. The molecule has 3 aromatic carbocycles. The number of hydrogen-bond acceptors (Lipinski definition) is 4. The molecule has 0 saturated carbocycles. The second-order valence-corrected chi connectivity index (χ2v) is 11.0. The lowest BCUT2D eigenvalue weighted by molar-refractivity contribution is 0.102. The first-order valence-electron chi connectivity index (χ1n) is 10.3. The number of amides is 1. The van der Waals surface area contributed by atoms with Crippen molar-refractivity contribution in [3.63, 3.8) is 0 Å². The second-order valence-electron chi connectivity index (χ2n) is 8.72. The van der Waals surface area contributed by atoms with Crippen LogP contribution >= 0.6 is 23.1 Å². The van der Waals surface area contributed by atoms with E-state index in [9.17, 15) is 4.79 Å². The Bertz CT molecular complexity index is 1200. The van der Waals surface area contributed by atoms with Gasteiger partial charge in [-0.15, -0.1) is 11.3 Å². The number of rotatable bonds is 5. The van der Waals surface area contributed by atoms with Crippen LogP contribution in [0.15, 0.2) is 71.1 Å². The van der Waals surface area contributed by atoms with Crippen molar-refractivity contribution in [2.24, 2.45) is 0 Å². The van der Waals surface area contributed by atoms with E-state index in [0.29, 0.717) is 5.56 Å². The maximum absolute atomic E-state index is 12.5. The van der Waals surface area contributed by atoms with Gasteiger partial charge in [-0.05, 0) is 53.8 Å². The highest BCUT2D eigenvalue weighted by molar-refractivity contribution is 8.00. The fourth-order valence-corrected chi connectivity index (χ4v) is 5.26. The molecule has 5 heteroatoms. The van der Waals surface area contributed by atoms with Gasteiger partial charge in [-0.25, -0.2) is 4.98 Å². The number of benzene rings is 3. The highest BCUT2D eigenvalue weighted by atomic mass is 32.2. The molecule has 1 N–H and O–H groups in total. The summed E-state index contributed by atoms with van der Waals surface area (Å²) in [5, 5.41) is 2.99. The average Bonchev–Trinajstić information content (AvgIpc) is 3.14. The van der Waals surface area contributed by atoms with Crippen molar-refractivity contribution in [2.75, 3.05) is 5.32 Å². The Morgan fingerprint density at radius 1 is 1.00 bits per heavy atom. The maximum Gasteiger partial charge on any atom is 0.255 e. The maximum atomic E-state index is 12.5. The first-order valence-corrected chi connectivity index (χ1v) is 12.1. The van der Waals surface area contributed by atoms with Gasteiger partial charge >= 0.3 is 0 Å². The molecule has 0 unspecified atom stereocenters. The Morgan fingerprint density at radius 3 is 2.39 bits per heavy atom. The highest BCUT2D eigenvalue weighted by Crippen LogP contribution is 2.33. The van der Waals surface area contributed by atoms with Gasteiger partial charge in [0, 0.05) is 17.0 Å². The second kappa shape index (κ2) is 8.85. The van der Waals surface area contributed by atoms with Crippen LogP contribution in [0.1, 0.15) is 47.8 Å². The standard InChI is InChI=1S/C26H26N2OS2/c1-17-5-9-19(10-6-17)24(29)27-21-13-14-22-23(15-21)31-25(28-22)30-16-18-7-11-20(12-8-18)26(2,3)4/h5-15H,16H2,1-4H3,(H,27,29). The zero-order valence-electron chi connectivity index (χ0n) is 18.2. The van der Waals surface area contributed by atoms with E-state index in [0.717, 1.165) is 31.6 Å². The van der Waals surface area contributed by atoms with Crippen molar-refractivity contribution in [3.05, 3.63) is 89.0 Å². The van der Waals surface area contributed by atoms with Crippen LogP contribution in [0.5, 0.6) is 0 Å².